The monoisotopic (exact) mass is 170 g/mol. The molecule has 64 valence electrons. The van der Waals surface area contributed by atoms with Gasteiger partial charge in [0.2, 0.25) is 0 Å². The fourth-order valence-corrected chi connectivity index (χ4v) is 0.866. The third-order valence-corrected chi connectivity index (χ3v) is 1.49. The molecule has 12 heavy (non-hydrogen) atoms. The van der Waals surface area contributed by atoms with E-state index in [0.717, 1.165) is 0 Å². The largest absolute Gasteiger partial charge is 0.294 e. The average Bonchev–Trinajstić information content (AvgIpc) is 2.06. The molecule has 0 fully saturated rings. The van der Waals surface area contributed by atoms with Gasteiger partial charge in [0.25, 0.3) is 0 Å². The molecular formula is C9H8F2O. The van der Waals surface area contributed by atoms with Crippen LogP contribution < -0.4 is 0 Å². The third-order valence-electron chi connectivity index (χ3n) is 1.49. The number of carbonyl (C=O) groups is 1. The Morgan fingerprint density at radius 3 is 2.33 bits per heavy atom. The van der Waals surface area contributed by atoms with Crippen LogP contribution in [-0.2, 0) is 0 Å². The molecule has 0 atom stereocenters. The lowest BCUT2D eigenvalue weighted by Crippen LogP contribution is -1.99. The van der Waals surface area contributed by atoms with E-state index < -0.39 is 12.5 Å². The molecule has 0 aliphatic heterocycles. The van der Waals surface area contributed by atoms with Crippen LogP contribution in [0.3, 0.4) is 0 Å². The number of hydrogen-bond acceptors (Lipinski definition) is 1. The van der Waals surface area contributed by atoms with Gasteiger partial charge < -0.3 is 0 Å². The number of carbonyl (C=O) groups excluding carboxylic acids is 1. The molecule has 0 radical (unpaired) electrons. The van der Waals surface area contributed by atoms with Crippen LogP contribution in [0.1, 0.15) is 16.8 Å². The maximum atomic E-state index is 12.4. The second-order valence-electron chi connectivity index (χ2n) is 2.37. The number of hydrogen-bond donors (Lipinski definition) is 0. The van der Waals surface area contributed by atoms with Crippen molar-refractivity contribution in [3.05, 3.63) is 35.6 Å². The lowest BCUT2D eigenvalue weighted by Gasteiger charge is -1.96. The molecule has 1 aromatic carbocycles. The molecule has 0 aliphatic carbocycles. The first-order valence-electron chi connectivity index (χ1n) is 3.59. The summed E-state index contributed by atoms with van der Waals surface area (Å²) in [5.74, 6) is -0.690. The van der Waals surface area contributed by atoms with Crippen LogP contribution in [0.5, 0.6) is 0 Å². The highest BCUT2D eigenvalue weighted by Crippen LogP contribution is 2.05. The highest BCUT2D eigenvalue weighted by atomic mass is 19.1. The summed E-state index contributed by atoms with van der Waals surface area (Å²) >= 11 is 0. The van der Waals surface area contributed by atoms with Crippen LogP contribution in [0, 0.1) is 5.82 Å². The van der Waals surface area contributed by atoms with Gasteiger partial charge in [-0.05, 0) is 24.3 Å². The third kappa shape index (κ3) is 2.12. The number of Topliss-reactive ketones (excluding diaryl/α,β-unsaturated/α-hetero) is 1. The van der Waals surface area contributed by atoms with E-state index in [1.165, 1.54) is 24.3 Å². The standard InChI is InChI=1S/C9H8F2O/c10-6-5-9(12)7-1-3-8(11)4-2-7/h1-4H,5-6H2. The maximum Gasteiger partial charge on any atom is 0.165 e. The van der Waals surface area contributed by atoms with Crippen molar-refractivity contribution in [3.63, 3.8) is 0 Å². The Kier molecular flexibility index (Phi) is 2.91. The summed E-state index contributed by atoms with van der Waals surface area (Å²) in [6, 6.07) is 5.08. The van der Waals surface area contributed by atoms with Gasteiger partial charge in [0, 0.05) is 12.0 Å². The highest BCUT2D eigenvalue weighted by Gasteiger charge is 2.04. The Morgan fingerprint density at radius 2 is 1.83 bits per heavy atom. The molecule has 1 nitrogen and oxygen atoms in total. The van der Waals surface area contributed by atoms with Crippen molar-refractivity contribution in [1.29, 1.82) is 0 Å². The normalized spacial score (nSPS) is 9.83. The van der Waals surface area contributed by atoms with E-state index in [1.54, 1.807) is 0 Å². The van der Waals surface area contributed by atoms with Gasteiger partial charge in [0.05, 0.1) is 6.67 Å². The molecule has 1 rings (SSSR count). The molecule has 0 amide bonds. The van der Waals surface area contributed by atoms with Gasteiger partial charge >= 0.3 is 0 Å². The molecule has 0 aliphatic rings. The van der Waals surface area contributed by atoms with E-state index in [9.17, 15) is 13.6 Å². The van der Waals surface area contributed by atoms with Gasteiger partial charge in [-0.25, -0.2) is 4.39 Å². The summed E-state index contributed by atoms with van der Waals surface area (Å²) in [5.41, 5.74) is 0.356. The van der Waals surface area contributed by atoms with E-state index in [2.05, 4.69) is 0 Å². The van der Waals surface area contributed by atoms with Gasteiger partial charge in [-0.2, -0.15) is 0 Å². The first kappa shape index (κ1) is 8.84. The first-order chi connectivity index (χ1) is 5.74. The van der Waals surface area contributed by atoms with Crippen molar-refractivity contribution < 1.29 is 13.6 Å². The van der Waals surface area contributed by atoms with E-state index in [-0.39, 0.29) is 12.2 Å². The summed E-state index contributed by atoms with van der Waals surface area (Å²) in [6.07, 6.45) is -0.133. The minimum absolute atomic E-state index is 0.133. The molecule has 0 N–H and O–H groups in total. The highest BCUT2D eigenvalue weighted by molar-refractivity contribution is 5.96. The molecule has 0 heterocycles. The smallest absolute Gasteiger partial charge is 0.165 e. The van der Waals surface area contributed by atoms with E-state index in [0.29, 0.717) is 5.56 Å². The number of alkyl halides is 1. The van der Waals surface area contributed by atoms with Crippen LogP contribution in [0.2, 0.25) is 0 Å². The van der Waals surface area contributed by atoms with E-state index >= 15 is 0 Å². The molecule has 0 aromatic heterocycles. The lowest BCUT2D eigenvalue weighted by atomic mass is 10.1. The second kappa shape index (κ2) is 3.95. The topological polar surface area (TPSA) is 17.1 Å². The summed E-state index contributed by atoms with van der Waals surface area (Å²) in [4.78, 5) is 11.0. The predicted octanol–water partition coefficient (Wildman–Crippen LogP) is 2.37. The Morgan fingerprint density at radius 1 is 1.25 bits per heavy atom. The summed E-state index contributed by atoms with van der Waals surface area (Å²) in [6.45, 7) is -0.670. The van der Waals surface area contributed by atoms with Gasteiger partial charge in [0.1, 0.15) is 5.82 Å². The van der Waals surface area contributed by atoms with Crippen LogP contribution in [0.15, 0.2) is 24.3 Å². The SMILES string of the molecule is O=C(CCF)c1ccc(F)cc1. The quantitative estimate of drug-likeness (QED) is 0.636. The van der Waals surface area contributed by atoms with E-state index in [4.69, 9.17) is 0 Å². The number of ketones is 1. The van der Waals surface area contributed by atoms with Crippen LogP contribution in [0.4, 0.5) is 8.78 Å². The number of halogens is 2. The van der Waals surface area contributed by atoms with E-state index in [1.807, 2.05) is 0 Å². The van der Waals surface area contributed by atoms with Gasteiger partial charge in [-0.3, -0.25) is 9.18 Å². The fraction of sp³-hybridized carbons (Fsp3) is 0.222. The zero-order valence-corrected chi connectivity index (χ0v) is 6.39. The summed E-state index contributed by atoms with van der Waals surface area (Å²) < 4.78 is 24.1. The van der Waals surface area contributed by atoms with Crippen LogP contribution in [-0.4, -0.2) is 12.5 Å². The zero-order chi connectivity index (χ0) is 8.97. The van der Waals surface area contributed by atoms with Crippen molar-refractivity contribution in [2.24, 2.45) is 0 Å². The van der Waals surface area contributed by atoms with Crippen molar-refractivity contribution in [2.45, 2.75) is 6.42 Å². The Hall–Kier alpha value is -1.25. The molecule has 3 heteroatoms. The minimum Gasteiger partial charge on any atom is -0.294 e. The van der Waals surface area contributed by atoms with Gasteiger partial charge in [0.15, 0.2) is 5.78 Å². The molecular weight excluding hydrogens is 162 g/mol. The maximum absolute atomic E-state index is 12.4. The molecule has 0 saturated carbocycles. The molecule has 0 bridgehead atoms. The first-order valence-corrected chi connectivity index (χ1v) is 3.59. The van der Waals surface area contributed by atoms with Crippen molar-refractivity contribution in [2.75, 3.05) is 6.67 Å². The molecule has 0 unspecified atom stereocenters. The summed E-state index contributed by atoms with van der Waals surface area (Å²) in [5, 5.41) is 0. The lowest BCUT2D eigenvalue weighted by molar-refractivity contribution is 0.0974. The van der Waals surface area contributed by atoms with Crippen molar-refractivity contribution in [3.8, 4) is 0 Å². The number of rotatable bonds is 3. The van der Waals surface area contributed by atoms with Gasteiger partial charge in [-0.15, -0.1) is 0 Å². The second-order valence-corrected chi connectivity index (χ2v) is 2.37. The molecule has 1 aromatic rings. The van der Waals surface area contributed by atoms with Crippen molar-refractivity contribution in [1.82, 2.24) is 0 Å². The molecule has 0 spiro atoms. The Bertz CT molecular complexity index is 266. The Labute approximate surface area is 69.0 Å². The van der Waals surface area contributed by atoms with Crippen LogP contribution >= 0.6 is 0 Å². The van der Waals surface area contributed by atoms with Gasteiger partial charge in [-0.1, -0.05) is 0 Å². The zero-order valence-electron chi connectivity index (χ0n) is 6.39. The summed E-state index contributed by atoms with van der Waals surface area (Å²) in [7, 11) is 0. The van der Waals surface area contributed by atoms with Crippen molar-refractivity contribution >= 4 is 5.78 Å². The average molecular weight is 170 g/mol. The predicted molar refractivity (Wildman–Crippen MR) is 41.3 cm³/mol. The Balaban J connectivity index is 2.75. The number of benzene rings is 1. The molecule has 0 saturated heterocycles. The fourth-order valence-electron chi connectivity index (χ4n) is 0.866. The minimum atomic E-state index is -0.670. The van der Waals surface area contributed by atoms with Crippen LogP contribution in [0.25, 0.3) is 0 Å².